The number of para-hydroxylation sites is 1. The van der Waals surface area contributed by atoms with Gasteiger partial charge >= 0.3 is 6.03 Å². The Morgan fingerprint density at radius 3 is 2.73 bits per heavy atom. The van der Waals surface area contributed by atoms with Gasteiger partial charge in [0.05, 0.1) is 6.04 Å². The van der Waals surface area contributed by atoms with Crippen LogP contribution in [-0.2, 0) is 11.2 Å². The van der Waals surface area contributed by atoms with E-state index in [9.17, 15) is 9.59 Å². The first-order valence-corrected chi connectivity index (χ1v) is 11.5. The summed E-state index contributed by atoms with van der Waals surface area (Å²) >= 11 is 1.73. The Kier molecular flexibility index (Phi) is 7.74. The number of carbonyl (C=O) groups is 2. The number of urea groups is 1. The van der Waals surface area contributed by atoms with Crippen molar-refractivity contribution in [3.63, 3.8) is 0 Å². The molecule has 1 N–H and O–H groups in total. The van der Waals surface area contributed by atoms with Crippen LogP contribution in [0.5, 0.6) is 5.75 Å². The highest BCUT2D eigenvalue weighted by Crippen LogP contribution is 2.34. The zero-order valence-corrected chi connectivity index (χ0v) is 18.8. The standard InChI is InChI=1S/C23H31N3O3S/c1-4-12-25(23(28)24-17(2)3)15-22(27)26-13-10-21-19(11-14-30-21)20(26)16-29-18-8-6-5-7-9-18/h5-9,11,14,17,20H,4,10,12-13,15-16H2,1-3H3,(H,24,28)/t20-/m0/s1. The molecule has 0 unspecified atom stereocenters. The van der Waals surface area contributed by atoms with E-state index in [2.05, 4.69) is 16.8 Å². The molecule has 1 aliphatic rings. The van der Waals surface area contributed by atoms with E-state index in [1.165, 1.54) is 4.88 Å². The Balaban J connectivity index is 1.74. The molecule has 0 aliphatic carbocycles. The van der Waals surface area contributed by atoms with Crippen LogP contribution >= 0.6 is 11.3 Å². The van der Waals surface area contributed by atoms with Crippen LogP contribution in [0.15, 0.2) is 41.8 Å². The second kappa shape index (κ2) is 10.5. The molecule has 0 spiro atoms. The maximum absolute atomic E-state index is 13.3. The molecule has 2 aromatic rings. The van der Waals surface area contributed by atoms with E-state index in [4.69, 9.17) is 4.74 Å². The molecule has 0 bridgehead atoms. The predicted octanol–water partition coefficient (Wildman–Crippen LogP) is 4.08. The van der Waals surface area contributed by atoms with Crippen LogP contribution in [-0.4, -0.2) is 54.0 Å². The van der Waals surface area contributed by atoms with Gasteiger partial charge in [-0.2, -0.15) is 0 Å². The molecule has 0 fully saturated rings. The van der Waals surface area contributed by atoms with E-state index in [0.717, 1.165) is 24.2 Å². The van der Waals surface area contributed by atoms with Crippen molar-refractivity contribution in [3.05, 3.63) is 52.2 Å². The second-order valence-electron chi connectivity index (χ2n) is 7.80. The Morgan fingerprint density at radius 1 is 1.27 bits per heavy atom. The average molecular weight is 430 g/mol. The molecule has 2 heterocycles. The number of amides is 3. The van der Waals surface area contributed by atoms with Crippen molar-refractivity contribution in [2.75, 3.05) is 26.2 Å². The third-order valence-electron chi connectivity index (χ3n) is 5.09. The number of fused-ring (bicyclic) bond motifs is 1. The summed E-state index contributed by atoms with van der Waals surface area (Å²) in [4.78, 5) is 30.6. The highest BCUT2D eigenvalue weighted by Gasteiger charge is 2.33. The van der Waals surface area contributed by atoms with Gasteiger partial charge in [-0.25, -0.2) is 4.79 Å². The predicted molar refractivity (Wildman–Crippen MR) is 120 cm³/mol. The maximum atomic E-state index is 13.3. The number of carbonyl (C=O) groups excluding carboxylic acids is 2. The van der Waals surface area contributed by atoms with Crippen molar-refractivity contribution < 1.29 is 14.3 Å². The third kappa shape index (κ3) is 5.53. The van der Waals surface area contributed by atoms with Crippen molar-refractivity contribution >= 4 is 23.3 Å². The zero-order valence-electron chi connectivity index (χ0n) is 18.0. The summed E-state index contributed by atoms with van der Waals surface area (Å²) < 4.78 is 6.02. The number of nitrogens with zero attached hydrogens (tertiary/aromatic N) is 2. The van der Waals surface area contributed by atoms with Gasteiger partial charge in [0.25, 0.3) is 0 Å². The largest absolute Gasteiger partial charge is 0.491 e. The highest BCUT2D eigenvalue weighted by atomic mass is 32.1. The lowest BCUT2D eigenvalue weighted by molar-refractivity contribution is -0.135. The SMILES string of the molecule is CCCN(CC(=O)N1CCc2sccc2[C@@H]1COc1ccccc1)C(=O)NC(C)C. The first-order valence-electron chi connectivity index (χ1n) is 10.6. The molecule has 1 atom stereocenters. The molecule has 3 rings (SSSR count). The van der Waals surface area contributed by atoms with Crippen LogP contribution in [0.2, 0.25) is 0 Å². The Morgan fingerprint density at radius 2 is 2.03 bits per heavy atom. The van der Waals surface area contributed by atoms with Crippen LogP contribution < -0.4 is 10.1 Å². The number of thiophene rings is 1. The third-order valence-corrected chi connectivity index (χ3v) is 6.08. The van der Waals surface area contributed by atoms with Crippen LogP contribution in [0.3, 0.4) is 0 Å². The summed E-state index contributed by atoms with van der Waals surface area (Å²) in [7, 11) is 0. The van der Waals surface area contributed by atoms with Crippen LogP contribution in [0, 0.1) is 0 Å². The van der Waals surface area contributed by atoms with Crippen molar-refractivity contribution in [2.24, 2.45) is 0 Å². The minimum atomic E-state index is -0.189. The number of hydrogen-bond donors (Lipinski definition) is 1. The van der Waals surface area contributed by atoms with Gasteiger partial charge in [-0.1, -0.05) is 25.1 Å². The molecule has 0 radical (unpaired) electrons. The summed E-state index contributed by atoms with van der Waals surface area (Å²) in [5.41, 5.74) is 1.16. The van der Waals surface area contributed by atoms with Gasteiger partial charge in [-0.05, 0) is 55.8 Å². The smallest absolute Gasteiger partial charge is 0.318 e. The van der Waals surface area contributed by atoms with E-state index < -0.39 is 0 Å². The maximum Gasteiger partial charge on any atom is 0.318 e. The van der Waals surface area contributed by atoms with E-state index in [1.807, 2.05) is 56.0 Å². The van der Waals surface area contributed by atoms with Gasteiger partial charge < -0.3 is 19.9 Å². The fourth-order valence-electron chi connectivity index (χ4n) is 3.68. The lowest BCUT2D eigenvalue weighted by Gasteiger charge is -2.37. The first-order chi connectivity index (χ1) is 14.5. The van der Waals surface area contributed by atoms with Crippen molar-refractivity contribution in [1.29, 1.82) is 0 Å². The Hall–Kier alpha value is -2.54. The molecule has 1 aromatic carbocycles. The highest BCUT2D eigenvalue weighted by molar-refractivity contribution is 7.10. The summed E-state index contributed by atoms with van der Waals surface area (Å²) in [6.07, 6.45) is 1.64. The molecule has 30 heavy (non-hydrogen) atoms. The number of benzene rings is 1. The molecule has 0 saturated carbocycles. The molecule has 0 saturated heterocycles. The molecule has 6 nitrogen and oxygen atoms in total. The summed E-state index contributed by atoms with van der Waals surface area (Å²) in [6.45, 7) is 7.51. The summed E-state index contributed by atoms with van der Waals surface area (Å²) in [6, 6.07) is 11.4. The van der Waals surface area contributed by atoms with Crippen molar-refractivity contribution in [1.82, 2.24) is 15.1 Å². The Labute approximate surface area is 182 Å². The summed E-state index contributed by atoms with van der Waals surface area (Å²) in [5.74, 6) is 0.747. The average Bonchev–Trinajstić information content (AvgIpc) is 3.21. The lowest BCUT2D eigenvalue weighted by atomic mass is 10.0. The van der Waals surface area contributed by atoms with E-state index >= 15 is 0 Å². The van der Waals surface area contributed by atoms with Crippen LogP contribution in [0.25, 0.3) is 0 Å². The molecule has 1 aromatic heterocycles. The van der Waals surface area contributed by atoms with Gasteiger partial charge in [0, 0.05) is 24.0 Å². The Bertz CT molecular complexity index is 837. The molecule has 7 heteroatoms. The minimum absolute atomic E-state index is 0.0299. The van der Waals surface area contributed by atoms with E-state index in [-0.39, 0.29) is 30.6 Å². The molecule has 1 aliphatic heterocycles. The number of hydrogen-bond acceptors (Lipinski definition) is 4. The minimum Gasteiger partial charge on any atom is -0.491 e. The number of rotatable bonds is 8. The van der Waals surface area contributed by atoms with Gasteiger partial charge in [0.2, 0.25) is 5.91 Å². The topological polar surface area (TPSA) is 61.9 Å². The normalized spacial score (nSPS) is 15.6. The van der Waals surface area contributed by atoms with Crippen molar-refractivity contribution in [2.45, 2.75) is 45.7 Å². The van der Waals surface area contributed by atoms with Crippen molar-refractivity contribution in [3.8, 4) is 5.75 Å². The van der Waals surface area contributed by atoms with E-state index in [0.29, 0.717) is 19.7 Å². The fourth-order valence-corrected chi connectivity index (χ4v) is 4.61. The van der Waals surface area contributed by atoms with Gasteiger partial charge in [-0.15, -0.1) is 11.3 Å². The zero-order chi connectivity index (χ0) is 21.5. The number of nitrogens with one attached hydrogen (secondary N) is 1. The monoisotopic (exact) mass is 429 g/mol. The second-order valence-corrected chi connectivity index (χ2v) is 8.80. The fraction of sp³-hybridized carbons (Fsp3) is 0.478. The first kappa shape index (κ1) is 22.2. The van der Waals surface area contributed by atoms with Gasteiger partial charge in [0.1, 0.15) is 18.9 Å². The van der Waals surface area contributed by atoms with Crippen LogP contribution in [0.4, 0.5) is 4.79 Å². The quantitative estimate of drug-likeness (QED) is 0.688. The van der Waals surface area contributed by atoms with Crippen LogP contribution in [0.1, 0.15) is 43.7 Å². The summed E-state index contributed by atoms with van der Waals surface area (Å²) in [5, 5.41) is 4.98. The molecular formula is C23H31N3O3S. The molecule has 162 valence electrons. The number of ether oxygens (including phenoxy) is 1. The molecular weight excluding hydrogens is 398 g/mol. The molecule has 3 amide bonds. The van der Waals surface area contributed by atoms with E-state index in [1.54, 1.807) is 16.2 Å². The van der Waals surface area contributed by atoms with Gasteiger partial charge in [-0.3, -0.25) is 4.79 Å². The lowest BCUT2D eigenvalue weighted by Crippen LogP contribution is -2.50. The van der Waals surface area contributed by atoms with Gasteiger partial charge in [0.15, 0.2) is 0 Å².